The third-order valence-electron chi connectivity index (χ3n) is 7.00. The van der Waals surface area contributed by atoms with Gasteiger partial charge in [-0.15, -0.1) is 0 Å². The summed E-state index contributed by atoms with van der Waals surface area (Å²) in [6, 6.07) is 15.4. The van der Waals surface area contributed by atoms with Crippen LogP contribution in [0.2, 0.25) is 0 Å². The van der Waals surface area contributed by atoms with E-state index in [-0.39, 0.29) is 5.92 Å². The molecule has 0 aromatic heterocycles. The first-order chi connectivity index (χ1) is 16.2. The zero-order valence-electron chi connectivity index (χ0n) is 18.0. The van der Waals surface area contributed by atoms with Gasteiger partial charge in [-0.2, -0.15) is 0 Å². The summed E-state index contributed by atoms with van der Waals surface area (Å²) in [5.74, 6) is 0.585. The van der Waals surface area contributed by atoms with Gasteiger partial charge in [0.2, 0.25) is 0 Å². The Bertz CT molecular complexity index is 1610. The molecule has 160 valence electrons. The lowest BCUT2D eigenvalue weighted by Gasteiger charge is -2.22. The first-order valence-electron chi connectivity index (χ1n) is 10.9. The Balaban J connectivity index is 1.83. The predicted octanol–water partition coefficient (Wildman–Crippen LogP) is 7.20. The summed E-state index contributed by atoms with van der Waals surface area (Å²) in [4.78, 5) is 28.5. The van der Waals surface area contributed by atoms with Crippen molar-refractivity contribution in [2.75, 3.05) is 0 Å². The summed E-state index contributed by atoms with van der Waals surface area (Å²) in [6.07, 6.45) is 9.03. The summed E-state index contributed by atoms with van der Waals surface area (Å²) in [5.41, 5.74) is 3.33. The van der Waals surface area contributed by atoms with E-state index in [9.17, 15) is 14.8 Å². The van der Waals surface area contributed by atoms with E-state index in [2.05, 4.69) is 37.3 Å². The Morgan fingerprint density at radius 3 is 1.91 bits per heavy atom. The molecule has 4 heteroatoms. The summed E-state index contributed by atoms with van der Waals surface area (Å²) < 4.78 is 0. The van der Waals surface area contributed by atoms with Crippen LogP contribution in [-0.4, -0.2) is 17.8 Å². The molecule has 1 aliphatic carbocycles. The van der Waals surface area contributed by atoms with E-state index in [4.69, 9.17) is 4.89 Å². The van der Waals surface area contributed by atoms with E-state index in [1.165, 1.54) is 5.57 Å². The lowest BCUT2D eigenvalue weighted by atomic mass is 9.82. The molecule has 0 radical (unpaired) electrons. The molecular weight excluding hydrogens is 412 g/mol. The highest BCUT2D eigenvalue weighted by Gasteiger charge is 2.22. The van der Waals surface area contributed by atoms with Gasteiger partial charge in [0.15, 0.2) is 18.3 Å². The van der Waals surface area contributed by atoms with E-state index < -0.39 is 0 Å². The highest BCUT2D eigenvalue weighted by atomic mass is 17.1. The number of allylic oxidation sites excluding steroid dienone is 4. The highest BCUT2D eigenvalue weighted by Crippen LogP contribution is 2.47. The van der Waals surface area contributed by atoms with Gasteiger partial charge in [0.25, 0.3) is 0 Å². The minimum absolute atomic E-state index is 0.170. The second kappa shape index (κ2) is 7.26. The largest absolute Gasteiger partial charge is 0.340 e. The average Bonchev–Trinajstić information content (AvgIpc) is 2.86. The summed E-state index contributed by atoms with van der Waals surface area (Å²) in [5, 5.41) is 17.1. The van der Waals surface area contributed by atoms with Crippen molar-refractivity contribution in [1.29, 1.82) is 0 Å². The van der Waals surface area contributed by atoms with Crippen molar-refractivity contribution in [3.8, 4) is 5.75 Å². The molecule has 1 aliphatic rings. The van der Waals surface area contributed by atoms with Crippen LogP contribution >= 0.6 is 0 Å². The smallest absolute Gasteiger partial charge is 0.173 e. The van der Waals surface area contributed by atoms with Crippen molar-refractivity contribution in [2.45, 2.75) is 19.3 Å². The fourth-order valence-corrected chi connectivity index (χ4v) is 5.48. The number of hydrogen-bond donors (Lipinski definition) is 1. The maximum Gasteiger partial charge on any atom is 0.173 e. The van der Waals surface area contributed by atoms with Crippen molar-refractivity contribution in [3.05, 3.63) is 89.0 Å². The minimum atomic E-state index is 0.170. The third kappa shape index (κ3) is 2.68. The average molecular weight is 432 g/mol. The van der Waals surface area contributed by atoms with Gasteiger partial charge in [-0.25, -0.2) is 5.26 Å². The van der Waals surface area contributed by atoms with Crippen molar-refractivity contribution in [1.82, 2.24) is 0 Å². The van der Waals surface area contributed by atoms with Gasteiger partial charge in [0, 0.05) is 33.2 Å². The number of aldehydes is 2. The van der Waals surface area contributed by atoms with Gasteiger partial charge >= 0.3 is 0 Å². The maximum atomic E-state index is 11.8. The van der Waals surface area contributed by atoms with Crippen molar-refractivity contribution in [2.24, 2.45) is 0 Å². The zero-order valence-corrected chi connectivity index (χ0v) is 18.0. The molecule has 0 amide bonds. The minimum Gasteiger partial charge on any atom is -0.340 e. The molecule has 0 spiro atoms. The first kappa shape index (κ1) is 19.6. The van der Waals surface area contributed by atoms with Crippen LogP contribution in [0.5, 0.6) is 5.75 Å². The monoisotopic (exact) mass is 432 g/mol. The number of benzene rings is 5. The first-order valence-corrected chi connectivity index (χ1v) is 10.9. The zero-order chi connectivity index (χ0) is 22.7. The van der Waals surface area contributed by atoms with E-state index in [0.717, 1.165) is 62.3 Å². The van der Waals surface area contributed by atoms with Crippen molar-refractivity contribution >= 4 is 55.7 Å². The quantitative estimate of drug-likeness (QED) is 0.107. The molecule has 5 aromatic carbocycles. The molecule has 6 rings (SSSR count). The summed E-state index contributed by atoms with van der Waals surface area (Å²) >= 11 is 0. The van der Waals surface area contributed by atoms with E-state index >= 15 is 0 Å². The lowest BCUT2D eigenvalue weighted by molar-refractivity contribution is -0.136. The Morgan fingerprint density at radius 2 is 1.36 bits per heavy atom. The van der Waals surface area contributed by atoms with Crippen LogP contribution in [0, 0.1) is 0 Å². The molecular formula is C29H20O4. The second-order valence-corrected chi connectivity index (χ2v) is 8.69. The van der Waals surface area contributed by atoms with Crippen LogP contribution in [0.15, 0.2) is 72.3 Å². The topological polar surface area (TPSA) is 63.6 Å². The number of fused-ring (bicyclic) bond motifs is 2. The second-order valence-electron chi connectivity index (χ2n) is 8.69. The van der Waals surface area contributed by atoms with Crippen LogP contribution in [0.4, 0.5) is 0 Å². The Kier molecular flexibility index (Phi) is 4.32. The van der Waals surface area contributed by atoms with Crippen molar-refractivity contribution in [3.63, 3.8) is 0 Å². The molecule has 4 nitrogen and oxygen atoms in total. The molecule has 1 atom stereocenters. The summed E-state index contributed by atoms with van der Waals surface area (Å²) in [7, 11) is 0. The molecule has 5 aromatic rings. The van der Waals surface area contributed by atoms with Crippen LogP contribution < -0.4 is 4.89 Å². The fraction of sp³-hybridized carbons (Fsp3) is 0.103. The van der Waals surface area contributed by atoms with E-state index in [1.54, 1.807) is 18.2 Å². The van der Waals surface area contributed by atoms with Crippen LogP contribution in [0.25, 0.3) is 43.1 Å². The van der Waals surface area contributed by atoms with E-state index in [1.807, 2.05) is 18.2 Å². The van der Waals surface area contributed by atoms with E-state index in [0.29, 0.717) is 22.3 Å². The Morgan fingerprint density at radius 1 is 0.788 bits per heavy atom. The van der Waals surface area contributed by atoms with Gasteiger partial charge in [-0.3, -0.25) is 9.59 Å². The molecule has 0 heterocycles. The predicted molar refractivity (Wildman–Crippen MR) is 132 cm³/mol. The SMILES string of the molecule is CC1=CCC(c2ccc3c4ccc(C=O)c5c(C=O)ccc(c6ccc(OO)c2c63)c54)C=C1. The van der Waals surface area contributed by atoms with Crippen LogP contribution in [0.3, 0.4) is 0 Å². The van der Waals surface area contributed by atoms with Gasteiger partial charge in [-0.05, 0) is 58.0 Å². The molecule has 33 heavy (non-hydrogen) atoms. The number of hydrogen-bond acceptors (Lipinski definition) is 4. The Hall–Kier alpha value is -4.02. The molecule has 0 bridgehead atoms. The Labute approximate surface area is 189 Å². The maximum absolute atomic E-state index is 11.8. The molecule has 0 saturated heterocycles. The third-order valence-corrected chi connectivity index (χ3v) is 7.00. The normalized spacial score (nSPS) is 16.1. The molecule has 0 aliphatic heterocycles. The molecule has 0 fully saturated rings. The van der Waals surface area contributed by atoms with Crippen LogP contribution in [0.1, 0.15) is 45.5 Å². The van der Waals surface area contributed by atoms with Crippen molar-refractivity contribution < 1.29 is 19.7 Å². The van der Waals surface area contributed by atoms with Gasteiger partial charge in [-0.1, -0.05) is 60.2 Å². The summed E-state index contributed by atoms with van der Waals surface area (Å²) in [6.45, 7) is 2.09. The van der Waals surface area contributed by atoms with Crippen LogP contribution in [-0.2, 0) is 0 Å². The molecule has 1 unspecified atom stereocenters. The molecule has 1 N–H and O–H groups in total. The number of rotatable bonds is 4. The number of carbonyl (C=O) groups is 2. The fourth-order valence-electron chi connectivity index (χ4n) is 5.48. The van der Waals surface area contributed by atoms with Gasteiger partial charge in [0.1, 0.15) is 0 Å². The highest BCUT2D eigenvalue weighted by molar-refractivity contribution is 6.35. The van der Waals surface area contributed by atoms with Gasteiger partial charge in [0.05, 0.1) is 0 Å². The standard InChI is InChI=1S/C29H20O4/c1-16-2-4-17(5-3-16)20-10-11-23-21-8-6-18(14-30)26-19(15-31)7-9-22(27(21)26)24-12-13-25(33-32)29(20)28(23)24/h2-4,6-15,17,32H,5H2,1H3. The van der Waals surface area contributed by atoms with Gasteiger partial charge < -0.3 is 4.89 Å². The number of carbonyl (C=O) groups excluding carboxylic acids is 2. The molecule has 0 saturated carbocycles. The lowest BCUT2D eigenvalue weighted by Crippen LogP contribution is -2.02.